The smallest absolute Gasteiger partial charge is 0.325 e. The van der Waals surface area contributed by atoms with Crippen LogP contribution in [0, 0.1) is 17.0 Å². The van der Waals surface area contributed by atoms with Crippen LogP contribution in [-0.2, 0) is 6.42 Å². The molecule has 0 radical (unpaired) electrons. The topological polar surface area (TPSA) is 138 Å². The first-order valence-electron chi connectivity index (χ1n) is 6.19. The van der Waals surface area contributed by atoms with Crippen LogP contribution in [0.5, 0.6) is 11.5 Å². The van der Waals surface area contributed by atoms with E-state index in [4.69, 9.17) is 4.74 Å². The van der Waals surface area contributed by atoms with Gasteiger partial charge in [0, 0.05) is 23.7 Å². The number of nitro groups is 1. The van der Waals surface area contributed by atoms with Gasteiger partial charge in [0.1, 0.15) is 0 Å². The van der Waals surface area contributed by atoms with Crippen molar-refractivity contribution in [3.8, 4) is 11.5 Å². The fourth-order valence-corrected chi connectivity index (χ4v) is 2.09. The first kappa shape index (κ1) is 15.3. The van der Waals surface area contributed by atoms with Gasteiger partial charge in [-0.25, -0.2) is 4.79 Å². The number of nitrogens with zero attached hydrogens (tertiary/aromatic N) is 1. The number of benzene rings is 1. The van der Waals surface area contributed by atoms with Gasteiger partial charge in [0.15, 0.2) is 5.75 Å². The maximum Gasteiger partial charge on any atom is 0.325 e. The molecule has 1 aromatic carbocycles. The maximum atomic E-state index is 11.8. The minimum atomic E-state index is -0.745. The van der Waals surface area contributed by atoms with E-state index >= 15 is 0 Å². The predicted molar refractivity (Wildman–Crippen MR) is 76.5 cm³/mol. The molecule has 1 aromatic heterocycles. The molecule has 9 nitrogen and oxygen atoms in total. The number of nitro benzene ring substituents is 1. The summed E-state index contributed by atoms with van der Waals surface area (Å²) < 4.78 is 4.90. The average Bonchev–Trinajstić information content (AvgIpc) is 2.43. The summed E-state index contributed by atoms with van der Waals surface area (Å²) in [5, 5.41) is 20.7. The SMILES string of the molecule is COc1cc(Cc2c(C)[nH]c(=O)[nH]c2=O)cc([N+](=O)[O-])c1O. The summed E-state index contributed by atoms with van der Waals surface area (Å²) in [5.41, 5.74) is -0.698. The quantitative estimate of drug-likeness (QED) is 0.558. The van der Waals surface area contributed by atoms with Crippen molar-refractivity contribution in [3.05, 3.63) is 59.9 Å². The maximum absolute atomic E-state index is 11.8. The highest BCUT2D eigenvalue weighted by molar-refractivity contribution is 5.57. The van der Waals surface area contributed by atoms with E-state index in [0.717, 1.165) is 6.07 Å². The van der Waals surface area contributed by atoms with Crippen LogP contribution >= 0.6 is 0 Å². The molecule has 116 valence electrons. The van der Waals surface area contributed by atoms with Gasteiger partial charge in [-0.15, -0.1) is 0 Å². The number of rotatable bonds is 4. The van der Waals surface area contributed by atoms with Crippen LogP contribution < -0.4 is 16.0 Å². The van der Waals surface area contributed by atoms with Crippen molar-refractivity contribution in [2.75, 3.05) is 7.11 Å². The Kier molecular flexibility index (Phi) is 3.97. The fourth-order valence-electron chi connectivity index (χ4n) is 2.09. The molecule has 0 unspecified atom stereocenters. The number of aromatic amines is 2. The van der Waals surface area contributed by atoms with Gasteiger partial charge in [-0.05, 0) is 18.6 Å². The third-order valence-corrected chi connectivity index (χ3v) is 3.17. The Morgan fingerprint density at radius 1 is 1.32 bits per heavy atom. The number of aromatic nitrogens is 2. The molecule has 2 aromatic rings. The van der Waals surface area contributed by atoms with E-state index in [-0.39, 0.29) is 17.7 Å². The van der Waals surface area contributed by atoms with Gasteiger partial charge < -0.3 is 14.8 Å². The summed E-state index contributed by atoms with van der Waals surface area (Å²) in [6.07, 6.45) is 0.0371. The number of phenolic OH excluding ortho intramolecular Hbond substituents is 1. The molecule has 0 aliphatic heterocycles. The Labute approximate surface area is 123 Å². The zero-order chi connectivity index (χ0) is 16.4. The Morgan fingerprint density at radius 2 is 2.00 bits per heavy atom. The lowest BCUT2D eigenvalue weighted by Crippen LogP contribution is -2.27. The van der Waals surface area contributed by atoms with Crippen molar-refractivity contribution < 1.29 is 14.8 Å². The monoisotopic (exact) mass is 307 g/mol. The largest absolute Gasteiger partial charge is 0.500 e. The van der Waals surface area contributed by atoms with Gasteiger partial charge in [0.25, 0.3) is 5.56 Å². The van der Waals surface area contributed by atoms with Gasteiger partial charge in [-0.2, -0.15) is 0 Å². The third-order valence-electron chi connectivity index (χ3n) is 3.17. The van der Waals surface area contributed by atoms with Crippen LogP contribution in [0.2, 0.25) is 0 Å². The molecule has 0 bridgehead atoms. The molecule has 0 saturated carbocycles. The van der Waals surface area contributed by atoms with Gasteiger partial charge >= 0.3 is 11.4 Å². The van der Waals surface area contributed by atoms with E-state index in [1.807, 2.05) is 0 Å². The van der Waals surface area contributed by atoms with Crippen molar-refractivity contribution in [1.29, 1.82) is 0 Å². The number of methoxy groups -OCH3 is 1. The summed E-state index contributed by atoms with van der Waals surface area (Å²) in [4.78, 5) is 37.7. The minimum absolute atomic E-state index is 0.0371. The van der Waals surface area contributed by atoms with Crippen molar-refractivity contribution in [3.63, 3.8) is 0 Å². The lowest BCUT2D eigenvalue weighted by atomic mass is 10.0. The van der Waals surface area contributed by atoms with Gasteiger partial charge in [0.2, 0.25) is 5.75 Å². The zero-order valence-corrected chi connectivity index (χ0v) is 11.8. The van der Waals surface area contributed by atoms with Gasteiger partial charge in [-0.3, -0.25) is 19.9 Å². The lowest BCUT2D eigenvalue weighted by Gasteiger charge is -2.08. The number of aryl methyl sites for hydroxylation is 1. The summed E-state index contributed by atoms with van der Waals surface area (Å²) in [7, 11) is 1.26. The van der Waals surface area contributed by atoms with Crippen molar-refractivity contribution in [1.82, 2.24) is 9.97 Å². The highest BCUT2D eigenvalue weighted by Gasteiger charge is 2.20. The first-order chi connectivity index (χ1) is 10.3. The second-order valence-electron chi connectivity index (χ2n) is 4.61. The second-order valence-corrected chi connectivity index (χ2v) is 4.61. The predicted octanol–water partition coefficient (Wildman–Crippen LogP) is 0.585. The lowest BCUT2D eigenvalue weighted by molar-refractivity contribution is -0.386. The third kappa shape index (κ3) is 2.82. The fraction of sp³-hybridized carbons (Fsp3) is 0.231. The number of ether oxygens (including phenoxy) is 1. The zero-order valence-electron chi connectivity index (χ0n) is 11.8. The second kappa shape index (κ2) is 5.72. The Hall–Kier alpha value is -3.10. The molecule has 0 saturated heterocycles. The number of hydrogen-bond donors (Lipinski definition) is 3. The van der Waals surface area contributed by atoms with Gasteiger partial charge in [0.05, 0.1) is 12.0 Å². The average molecular weight is 307 g/mol. The summed E-state index contributed by atoms with van der Waals surface area (Å²) in [6.45, 7) is 1.55. The molecule has 0 spiro atoms. The van der Waals surface area contributed by atoms with E-state index < -0.39 is 27.6 Å². The van der Waals surface area contributed by atoms with Crippen LogP contribution in [0.25, 0.3) is 0 Å². The molecule has 0 amide bonds. The summed E-state index contributed by atoms with van der Waals surface area (Å²) >= 11 is 0. The number of H-pyrrole nitrogens is 2. The van der Waals surface area contributed by atoms with Crippen molar-refractivity contribution >= 4 is 5.69 Å². The molecular weight excluding hydrogens is 294 g/mol. The normalized spacial score (nSPS) is 10.5. The Bertz CT molecular complexity index is 852. The van der Waals surface area contributed by atoms with E-state index in [9.17, 15) is 24.8 Å². The standard InChI is InChI=1S/C13H13N3O6/c1-6-8(12(18)15-13(19)14-6)3-7-4-9(16(20)21)11(17)10(5-7)22-2/h4-5,17H,3H2,1-2H3,(H2,14,15,18,19). The molecule has 0 fully saturated rings. The van der Waals surface area contributed by atoms with Crippen LogP contribution in [0.4, 0.5) is 5.69 Å². The van der Waals surface area contributed by atoms with E-state index in [1.165, 1.54) is 13.2 Å². The summed E-state index contributed by atoms with van der Waals surface area (Å²) in [5.74, 6) is -0.647. The number of hydrogen-bond acceptors (Lipinski definition) is 6. The number of phenols is 1. The highest BCUT2D eigenvalue weighted by atomic mass is 16.6. The molecular formula is C13H13N3O6. The minimum Gasteiger partial charge on any atom is -0.500 e. The van der Waals surface area contributed by atoms with Crippen LogP contribution in [-0.4, -0.2) is 27.1 Å². The van der Waals surface area contributed by atoms with Crippen molar-refractivity contribution in [2.24, 2.45) is 0 Å². The summed E-state index contributed by atoms with van der Waals surface area (Å²) in [6, 6.07) is 2.55. The molecule has 3 N–H and O–H groups in total. The molecule has 0 atom stereocenters. The van der Waals surface area contributed by atoms with Gasteiger partial charge in [-0.1, -0.05) is 0 Å². The molecule has 0 aliphatic rings. The number of nitrogens with one attached hydrogen (secondary N) is 2. The van der Waals surface area contributed by atoms with Crippen LogP contribution in [0.15, 0.2) is 21.7 Å². The van der Waals surface area contributed by atoms with Crippen molar-refractivity contribution in [2.45, 2.75) is 13.3 Å². The number of aromatic hydroxyl groups is 1. The molecule has 0 aliphatic carbocycles. The van der Waals surface area contributed by atoms with E-state index in [0.29, 0.717) is 11.3 Å². The van der Waals surface area contributed by atoms with Crippen LogP contribution in [0.3, 0.4) is 0 Å². The molecule has 2 rings (SSSR count). The van der Waals surface area contributed by atoms with E-state index in [2.05, 4.69) is 9.97 Å². The molecule has 9 heteroatoms. The van der Waals surface area contributed by atoms with E-state index in [1.54, 1.807) is 6.92 Å². The Balaban J connectivity index is 2.55. The molecule has 22 heavy (non-hydrogen) atoms. The first-order valence-corrected chi connectivity index (χ1v) is 6.19. The van der Waals surface area contributed by atoms with Crippen LogP contribution in [0.1, 0.15) is 16.8 Å². The Morgan fingerprint density at radius 3 is 2.55 bits per heavy atom. The molecule has 1 heterocycles. The highest BCUT2D eigenvalue weighted by Crippen LogP contribution is 2.37.